The summed E-state index contributed by atoms with van der Waals surface area (Å²) in [5, 5.41) is 19.9. The Hall–Kier alpha value is -2.10. The van der Waals surface area contributed by atoms with Gasteiger partial charge in [0, 0.05) is 18.6 Å². The highest BCUT2D eigenvalue weighted by Gasteiger charge is 2.56. The van der Waals surface area contributed by atoms with Gasteiger partial charge in [0.1, 0.15) is 0 Å². The van der Waals surface area contributed by atoms with Crippen LogP contribution in [0.4, 0.5) is 4.79 Å². The molecule has 2 saturated carbocycles. The molecule has 1 aromatic rings. The van der Waals surface area contributed by atoms with Crippen LogP contribution in [-0.2, 0) is 5.54 Å². The maximum Gasteiger partial charge on any atom is 0.320 e. The quantitative estimate of drug-likeness (QED) is 0.781. The molecule has 0 atom stereocenters. The molecule has 6 heteroatoms. The highest BCUT2D eigenvalue weighted by molar-refractivity contribution is 5.78. The number of hydrogen-bond acceptors (Lipinski definition) is 4. The molecule has 1 aliphatic heterocycles. The van der Waals surface area contributed by atoms with Crippen molar-refractivity contribution in [2.45, 2.75) is 68.0 Å². The fourth-order valence-electron chi connectivity index (χ4n) is 5.81. The van der Waals surface area contributed by atoms with Crippen molar-refractivity contribution in [1.29, 1.82) is 5.26 Å². The van der Waals surface area contributed by atoms with Gasteiger partial charge >= 0.3 is 6.03 Å². The summed E-state index contributed by atoms with van der Waals surface area (Å²) in [4.78, 5) is 19.4. The molecule has 0 radical (unpaired) electrons. The Morgan fingerprint density at radius 2 is 1.77 bits per heavy atom. The molecular weight excluding hydrogens is 376 g/mol. The van der Waals surface area contributed by atoms with E-state index < -0.39 is 5.60 Å². The van der Waals surface area contributed by atoms with Crippen LogP contribution in [0, 0.1) is 11.3 Å². The number of urea groups is 1. The summed E-state index contributed by atoms with van der Waals surface area (Å²) in [5.41, 5.74) is 0.323. The number of amides is 2. The molecule has 0 aromatic heterocycles. The zero-order valence-corrected chi connectivity index (χ0v) is 18.3. The third-order valence-corrected chi connectivity index (χ3v) is 7.96. The first-order valence-corrected chi connectivity index (χ1v) is 11.2. The average molecular weight is 411 g/mol. The van der Waals surface area contributed by atoms with Crippen LogP contribution < -0.4 is 0 Å². The molecule has 1 spiro atoms. The summed E-state index contributed by atoms with van der Waals surface area (Å²) in [6.07, 6.45) is 6.69. The van der Waals surface area contributed by atoms with Gasteiger partial charge in [-0.1, -0.05) is 30.3 Å². The van der Waals surface area contributed by atoms with Crippen LogP contribution in [0.25, 0.3) is 0 Å². The highest BCUT2D eigenvalue weighted by atomic mass is 16.3. The second-order valence-corrected chi connectivity index (χ2v) is 9.79. The average Bonchev–Trinajstić information content (AvgIpc) is 2.97. The predicted molar refractivity (Wildman–Crippen MR) is 116 cm³/mol. The number of carbonyl (C=O) groups excluding carboxylic acids is 1. The van der Waals surface area contributed by atoms with Gasteiger partial charge in [0.15, 0.2) is 0 Å². The van der Waals surface area contributed by atoms with Crippen LogP contribution >= 0.6 is 0 Å². The Kier molecular flexibility index (Phi) is 5.54. The van der Waals surface area contributed by atoms with Crippen LogP contribution in [0.3, 0.4) is 0 Å². The van der Waals surface area contributed by atoms with E-state index >= 15 is 0 Å². The van der Waals surface area contributed by atoms with Gasteiger partial charge in [0.25, 0.3) is 0 Å². The topological polar surface area (TPSA) is 70.8 Å². The molecule has 6 nitrogen and oxygen atoms in total. The molecule has 2 aliphatic carbocycles. The number of nitriles is 1. The Balaban J connectivity index is 1.60. The Labute approximate surface area is 180 Å². The minimum absolute atomic E-state index is 0.00244. The first-order chi connectivity index (χ1) is 14.3. The molecule has 1 saturated heterocycles. The molecule has 2 amide bonds. The molecule has 3 aliphatic rings. The smallest absolute Gasteiger partial charge is 0.320 e. The van der Waals surface area contributed by atoms with E-state index in [2.05, 4.69) is 55.4 Å². The van der Waals surface area contributed by atoms with Gasteiger partial charge < -0.3 is 14.9 Å². The minimum atomic E-state index is -0.733. The minimum Gasteiger partial charge on any atom is -0.388 e. The van der Waals surface area contributed by atoms with Crippen LogP contribution in [-0.4, -0.2) is 70.7 Å². The summed E-state index contributed by atoms with van der Waals surface area (Å²) in [6.45, 7) is 1.57. The molecule has 1 aromatic carbocycles. The molecule has 4 rings (SSSR count). The first kappa shape index (κ1) is 21.1. The SMILES string of the molecule is CN(C)[C@]1(c2ccccc2)CC[C@]2(CC1)CN(CCC#N)C(=O)N2CC1(O)CCC1. The summed E-state index contributed by atoms with van der Waals surface area (Å²) in [6, 6.07) is 12.9. The molecule has 0 unspecified atom stereocenters. The van der Waals surface area contributed by atoms with Crippen LogP contribution in [0.15, 0.2) is 30.3 Å². The van der Waals surface area contributed by atoms with E-state index in [1.807, 2.05) is 9.80 Å². The van der Waals surface area contributed by atoms with Crippen molar-refractivity contribution in [3.8, 4) is 6.07 Å². The van der Waals surface area contributed by atoms with E-state index in [4.69, 9.17) is 5.26 Å². The van der Waals surface area contributed by atoms with E-state index in [0.717, 1.165) is 44.9 Å². The normalized spacial score (nSPS) is 30.6. The predicted octanol–water partition coefficient (Wildman–Crippen LogP) is 3.32. The van der Waals surface area contributed by atoms with Crippen molar-refractivity contribution >= 4 is 6.03 Å². The maximum atomic E-state index is 13.3. The van der Waals surface area contributed by atoms with Crippen molar-refractivity contribution < 1.29 is 9.90 Å². The molecule has 162 valence electrons. The summed E-state index contributed by atoms with van der Waals surface area (Å²) < 4.78 is 0. The Morgan fingerprint density at radius 1 is 1.10 bits per heavy atom. The van der Waals surface area contributed by atoms with E-state index in [1.165, 1.54) is 5.56 Å². The second-order valence-electron chi connectivity index (χ2n) is 9.79. The lowest BCUT2D eigenvalue weighted by Crippen LogP contribution is -2.59. The summed E-state index contributed by atoms with van der Waals surface area (Å²) in [5.74, 6) is 0. The molecule has 0 bridgehead atoms. The third kappa shape index (κ3) is 3.48. The largest absolute Gasteiger partial charge is 0.388 e. The lowest BCUT2D eigenvalue weighted by molar-refractivity contribution is -0.0725. The van der Waals surface area contributed by atoms with Crippen molar-refractivity contribution in [2.75, 3.05) is 33.7 Å². The van der Waals surface area contributed by atoms with E-state index in [9.17, 15) is 9.90 Å². The zero-order valence-electron chi connectivity index (χ0n) is 18.3. The zero-order chi connectivity index (χ0) is 21.4. The lowest BCUT2D eigenvalue weighted by Gasteiger charge is -2.52. The number of β-amino-alcohol motifs (C(OH)–C–C–N with tert-alkyl or cyclic N) is 1. The maximum absolute atomic E-state index is 13.3. The lowest BCUT2D eigenvalue weighted by atomic mass is 9.67. The Morgan fingerprint density at radius 3 is 2.30 bits per heavy atom. The number of rotatable bonds is 6. The standard InChI is InChI=1S/C24H34N4O2/c1-26(2)24(20-8-4-3-5-9-20)14-12-22(13-15-24)18-27(17-7-16-25)21(29)28(22)19-23(30)10-6-11-23/h3-5,8-9,30H,6-7,10-15,17-19H2,1-2H3/t22-,24+. The van der Waals surface area contributed by atoms with Crippen LogP contribution in [0.5, 0.6) is 0 Å². The van der Waals surface area contributed by atoms with E-state index in [0.29, 0.717) is 26.1 Å². The van der Waals surface area contributed by atoms with Crippen molar-refractivity contribution in [1.82, 2.24) is 14.7 Å². The molecule has 1 heterocycles. The second kappa shape index (κ2) is 7.86. The van der Waals surface area contributed by atoms with Gasteiger partial charge in [-0.05, 0) is 64.6 Å². The molecular formula is C24H34N4O2. The monoisotopic (exact) mass is 410 g/mol. The van der Waals surface area contributed by atoms with Gasteiger partial charge in [-0.2, -0.15) is 5.26 Å². The first-order valence-electron chi connectivity index (χ1n) is 11.2. The van der Waals surface area contributed by atoms with Gasteiger partial charge in [0.2, 0.25) is 0 Å². The van der Waals surface area contributed by atoms with Gasteiger partial charge in [-0.25, -0.2) is 4.79 Å². The fraction of sp³-hybridized carbons (Fsp3) is 0.667. The number of hydrogen-bond donors (Lipinski definition) is 1. The van der Waals surface area contributed by atoms with E-state index in [-0.39, 0.29) is 17.1 Å². The van der Waals surface area contributed by atoms with Crippen molar-refractivity contribution in [3.05, 3.63) is 35.9 Å². The Bertz CT molecular complexity index is 804. The summed E-state index contributed by atoms with van der Waals surface area (Å²) >= 11 is 0. The molecule has 30 heavy (non-hydrogen) atoms. The van der Waals surface area contributed by atoms with Crippen molar-refractivity contribution in [3.63, 3.8) is 0 Å². The van der Waals surface area contributed by atoms with Crippen LogP contribution in [0.2, 0.25) is 0 Å². The van der Waals surface area contributed by atoms with Gasteiger partial charge in [0.05, 0.1) is 30.2 Å². The molecule has 1 N–H and O–H groups in total. The van der Waals surface area contributed by atoms with Crippen LogP contribution in [0.1, 0.15) is 56.9 Å². The summed E-state index contributed by atoms with van der Waals surface area (Å²) in [7, 11) is 4.30. The number of benzene rings is 1. The molecule has 3 fully saturated rings. The fourth-order valence-corrected chi connectivity index (χ4v) is 5.81. The third-order valence-electron chi connectivity index (χ3n) is 7.96. The van der Waals surface area contributed by atoms with Crippen molar-refractivity contribution in [2.24, 2.45) is 0 Å². The van der Waals surface area contributed by atoms with Gasteiger partial charge in [-0.3, -0.25) is 4.90 Å². The van der Waals surface area contributed by atoms with E-state index in [1.54, 1.807) is 0 Å². The number of nitrogens with zero attached hydrogens (tertiary/aromatic N) is 4. The number of aliphatic hydroxyl groups is 1. The highest BCUT2D eigenvalue weighted by Crippen LogP contribution is 2.50. The van der Waals surface area contributed by atoms with Gasteiger partial charge in [-0.15, -0.1) is 0 Å². The number of carbonyl (C=O) groups is 1.